The molecule has 0 saturated carbocycles. The van der Waals surface area contributed by atoms with Gasteiger partial charge in [-0.3, -0.25) is 0 Å². The van der Waals surface area contributed by atoms with Crippen LogP contribution < -0.4 is 4.74 Å². The third kappa shape index (κ3) is 2.88. The van der Waals surface area contributed by atoms with Gasteiger partial charge in [-0.2, -0.15) is 0 Å². The monoisotopic (exact) mass is 361 g/mol. The summed E-state index contributed by atoms with van der Waals surface area (Å²) in [6.07, 6.45) is 1.78. The fourth-order valence-corrected chi connectivity index (χ4v) is 3.04. The van der Waals surface area contributed by atoms with Crippen molar-refractivity contribution in [3.63, 3.8) is 0 Å². The molecule has 2 aromatic rings. The molecule has 2 heterocycles. The van der Waals surface area contributed by atoms with E-state index in [9.17, 15) is 0 Å². The van der Waals surface area contributed by atoms with Crippen LogP contribution in [0.15, 0.2) is 22.9 Å². The molecule has 7 heteroatoms. The van der Waals surface area contributed by atoms with Gasteiger partial charge in [-0.05, 0) is 47.0 Å². The van der Waals surface area contributed by atoms with E-state index in [4.69, 9.17) is 27.9 Å². The first-order chi connectivity index (χ1) is 9.11. The Morgan fingerprint density at radius 2 is 2.00 bits per heavy atom. The second-order valence-corrected chi connectivity index (χ2v) is 5.90. The minimum absolute atomic E-state index is 0.123. The summed E-state index contributed by atoms with van der Waals surface area (Å²) in [5, 5.41) is 5.38. The Balaban J connectivity index is 1.88. The van der Waals surface area contributed by atoms with Crippen LogP contribution in [0.25, 0.3) is 0 Å². The normalized spacial score (nSPS) is 18.2. The van der Waals surface area contributed by atoms with Crippen LogP contribution in [0.1, 0.15) is 24.8 Å². The number of nitrogens with zero attached hydrogens (tertiary/aromatic N) is 3. The third-order valence-electron chi connectivity index (χ3n) is 2.91. The first-order valence-corrected chi connectivity index (χ1v) is 7.40. The van der Waals surface area contributed by atoms with Crippen molar-refractivity contribution in [1.82, 2.24) is 14.8 Å². The van der Waals surface area contributed by atoms with Crippen molar-refractivity contribution in [2.75, 3.05) is 0 Å². The number of rotatable bonds is 2. The summed E-state index contributed by atoms with van der Waals surface area (Å²) in [5.74, 6) is 1.48. The van der Waals surface area contributed by atoms with Crippen LogP contribution in [0, 0.1) is 0 Å². The molecule has 1 aromatic heterocycles. The summed E-state index contributed by atoms with van der Waals surface area (Å²) in [6.45, 7) is 0.865. The van der Waals surface area contributed by atoms with Gasteiger partial charge in [0.2, 0.25) is 4.73 Å². The second-order valence-electron chi connectivity index (χ2n) is 4.32. The molecular weight excluding hydrogens is 353 g/mol. The largest absolute Gasteiger partial charge is 0.482 e. The van der Waals surface area contributed by atoms with Crippen molar-refractivity contribution in [1.29, 1.82) is 0 Å². The SMILES string of the molecule is Clc1cc(Cl)cc(OC2CCCn3nc(Br)nc32)c1. The number of fused-ring (bicyclic) bond motifs is 1. The van der Waals surface area contributed by atoms with Gasteiger partial charge in [-0.25, -0.2) is 9.67 Å². The first kappa shape index (κ1) is 13.2. The summed E-state index contributed by atoms with van der Waals surface area (Å²) in [4.78, 5) is 4.35. The molecule has 0 bridgehead atoms. The first-order valence-electron chi connectivity index (χ1n) is 5.85. The summed E-state index contributed by atoms with van der Waals surface area (Å²) >= 11 is 15.2. The zero-order valence-electron chi connectivity index (χ0n) is 9.81. The molecule has 0 radical (unpaired) electrons. The average Bonchev–Trinajstić information content (AvgIpc) is 2.69. The fourth-order valence-electron chi connectivity index (χ4n) is 2.16. The molecule has 1 aliphatic rings. The summed E-state index contributed by atoms with van der Waals surface area (Å²) in [7, 11) is 0. The molecule has 0 amide bonds. The van der Waals surface area contributed by atoms with Crippen molar-refractivity contribution >= 4 is 39.1 Å². The summed E-state index contributed by atoms with van der Waals surface area (Å²) in [6, 6.07) is 5.17. The van der Waals surface area contributed by atoms with Gasteiger partial charge in [0.15, 0.2) is 11.9 Å². The van der Waals surface area contributed by atoms with Gasteiger partial charge in [0.05, 0.1) is 0 Å². The molecule has 1 aromatic carbocycles. The van der Waals surface area contributed by atoms with Crippen molar-refractivity contribution in [2.45, 2.75) is 25.5 Å². The van der Waals surface area contributed by atoms with Gasteiger partial charge < -0.3 is 4.74 Å². The Morgan fingerprint density at radius 3 is 2.74 bits per heavy atom. The van der Waals surface area contributed by atoms with Crippen molar-refractivity contribution in [2.24, 2.45) is 0 Å². The molecule has 0 N–H and O–H groups in total. The molecule has 1 atom stereocenters. The number of ether oxygens (including phenoxy) is 1. The molecule has 0 saturated heterocycles. The maximum atomic E-state index is 5.97. The molecule has 0 fully saturated rings. The Labute approximate surface area is 128 Å². The summed E-state index contributed by atoms with van der Waals surface area (Å²) in [5.41, 5.74) is 0. The lowest BCUT2D eigenvalue weighted by atomic mass is 10.1. The highest BCUT2D eigenvalue weighted by atomic mass is 79.9. The van der Waals surface area contributed by atoms with Crippen LogP contribution in [-0.4, -0.2) is 14.8 Å². The molecule has 19 heavy (non-hydrogen) atoms. The van der Waals surface area contributed by atoms with Crippen molar-refractivity contribution < 1.29 is 4.74 Å². The molecule has 4 nitrogen and oxygen atoms in total. The van der Waals surface area contributed by atoms with E-state index < -0.39 is 0 Å². The standard InChI is InChI=1S/C12H10BrCl2N3O/c13-12-16-11-10(2-1-3-18(11)17-12)19-9-5-7(14)4-8(15)6-9/h4-6,10H,1-3H2. The quantitative estimate of drug-likeness (QED) is 0.801. The lowest BCUT2D eigenvalue weighted by Crippen LogP contribution is -2.21. The zero-order valence-corrected chi connectivity index (χ0v) is 12.9. The lowest BCUT2D eigenvalue weighted by Gasteiger charge is -2.23. The highest BCUT2D eigenvalue weighted by Gasteiger charge is 2.25. The fraction of sp³-hybridized carbons (Fsp3) is 0.333. The van der Waals surface area contributed by atoms with Gasteiger partial charge in [0.25, 0.3) is 0 Å². The van der Waals surface area contributed by atoms with Gasteiger partial charge in [0.1, 0.15) is 5.75 Å². The van der Waals surface area contributed by atoms with E-state index >= 15 is 0 Å². The third-order valence-corrected chi connectivity index (χ3v) is 3.69. The Bertz CT molecular complexity index is 597. The van der Waals surface area contributed by atoms with E-state index in [-0.39, 0.29) is 6.10 Å². The van der Waals surface area contributed by atoms with Crippen LogP contribution in [-0.2, 0) is 6.54 Å². The zero-order chi connectivity index (χ0) is 13.4. The number of benzene rings is 1. The molecule has 3 rings (SSSR count). The van der Waals surface area contributed by atoms with Gasteiger partial charge in [0, 0.05) is 16.6 Å². The van der Waals surface area contributed by atoms with Crippen LogP contribution >= 0.6 is 39.1 Å². The topological polar surface area (TPSA) is 39.9 Å². The minimum Gasteiger partial charge on any atom is -0.482 e. The van der Waals surface area contributed by atoms with E-state index in [1.54, 1.807) is 18.2 Å². The minimum atomic E-state index is -0.123. The molecule has 100 valence electrons. The van der Waals surface area contributed by atoms with E-state index in [0.29, 0.717) is 20.5 Å². The molecular formula is C12H10BrCl2N3O. The van der Waals surface area contributed by atoms with Crippen LogP contribution in [0.5, 0.6) is 5.75 Å². The Morgan fingerprint density at radius 1 is 1.26 bits per heavy atom. The predicted molar refractivity (Wildman–Crippen MR) is 76.8 cm³/mol. The smallest absolute Gasteiger partial charge is 0.217 e. The molecule has 0 spiro atoms. The molecule has 0 aliphatic carbocycles. The second kappa shape index (κ2) is 5.31. The number of hydrogen-bond acceptors (Lipinski definition) is 3. The molecule has 1 aliphatic heterocycles. The number of halogens is 3. The van der Waals surface area contributed by atoms with Crippen LogP contribution in [0.4, 0.5) is 0 Å². The Kier molecular flexibility index (Phi) is 3.69. The van der Waals surface area contributed by atoms with Gasteiger partial charge >= 0.3 is 0 Å². The number of hydrogen-bond donors (Lipinski definition) is 0. The molecule has 1 unspecified atom stereocenters. The highest BCUT2D eigenvalue weighted by Crippen LogP contribution is 2.32. The number of aryl methyl sites for hydroxylation is 1. The maximum absolute atomic E-state index is 5.97. The maximum Gasteiger partial charge on any atom is 0.217 e. The number of aromatic nitrogens is 3. The highest BCUT2D eigenvalue weighted by molar-refractivity contribution is 9.10. The van der Waals surface area contributed by atoms with Crippen LogP contribution in [0.2, 0.25) is 10.0 Å². The summed E-state index contributed by atoms with van der Waals surface area (Å²) < 4.78 is 8.39. The Hall–Kier alpha value is -0.780. The lowest BCUT2D eigenvalue weighted by molar-refractivity contribution is 0.155. The van der Waals surface area contributed by atoms with E-state index in [0.717, 1.165) is 25.2 Å². The van der Waals surface area contributed by atoms with Crippen LogP contribution in [0.3, 0.4) is 0 Å². The van der Waals surface area contributed by atoms with Crippen molar-refractivity contribution in [3.05, 3.63) is 38.8 Å². The average molecular weight is 363 g/mol. The predicted octanol–water partition coefficient (Wildman–Crippen LogP) is 4.26. The van der Waals surface area contributed by atoms with E-state index in [1.807, 2.05) is 4.68 Å². The van der Waals surface area contributed by atoms with E-state index in [2.05, 4.69) is 26.0 Å². The van der Waals surface area contributed by atoms with Gasteiger partial charge in [-0.15, -0.1) is 5.10 Å². The van der Waals surface area contributed by atoms with Gasteiger partial charge in [-0.1, -0.05) is 23.2 Å². The van der Waals surface area contributed by atoms with Crippen molar-refractivity contribution in [3.8, 4) is 5.75 Å². The van der Waals surface area contributed by atoms with E-state index in [1.165, 1.54) is 0 Å².